The molecule has 6 nitrogen and oxygen atoms in total. The number of nitrogens with zero attached hydrogens (tertiary/aromatic N) is 2. The standard InChI is InChI=1S/C15H16BrN3O.C8H10.CH3NO/c1-9-2-4-10(5-3-9)19-15-14(16)12-6-11(7-17)20-13(12)8-18-15;1-3-5-7-8-6-4-2;2-1-3/h6,8-10H,2-5H2,1H3,(H,18,19);1,6H,2,5,7-8H2;1H,(H2,2,3). The fourth-order valence-corrected chi connectivity index (χ4v) is 3.67. The van der Waals surface area contributed by atoms with Crippen LogP contribution in [0.5, 0.6) is 0 Å². The minimum atomic E-state index is 0.250. The van der Waals surface area contributed by atoms with Gasteiger partial charge in [-0.25, -0.2) is 4.98 Å². The van der Waals surface area contributed by atoms with E-state index in [4.69, 9.17) is 20.9 Å². The predicted octanol–water partition coefficient (Wildman–Crippen LogP) is 5.69. The van der Waals surface area contributed by atoms with Gasteiger partial charge in [0.1, 0.15) is 11.9 Å². The van der Waals surface area contributed by atoms with E-state index < -0.39 is 0 Å². The Bertz CT molecular complexity index is 956. The molecule has 0 unspecified atom stereocenters. The number of nitrogens with two attached hydrogens (primary N) is 1. The number of unbranched alkanes of at least 4 members (excludes halogenated alkanes) is 2. The van der Waals surface area contributed by atoms with Gasteiger partial charge >= 0.3 is 0 Å². The molecule has 3 rings (SSSR count). The maximum absolute atomic E-state index is 8.89. The first-order chi connectivity index (χ1) is 15.0. The molecule has 1 fully saturated rings. The van der Waals surface area contributed by atoms with E-state index in [2.05, 4.69) is 57.1 Å². The van der Waals surface area contributed by atoms with Gasteiger partial charge in [0.2, 0.25) is 12.2 Å². The summed E-state index contributed by atoms with van der Waals surface area (Å²) in [6.07, 6.45) is 16.7. The van der Waals surface area contributed by atoms with E-state index in [1.54, 1.807) is 12.3 Å². The quantitative estimate of drug-likeness (QED) is 0.245. The minimum absolute atomic E-state index is 0.250. The van der Waals surface area contributed by atoms with E-state index in [1.807, 2.05) is 12.1 Å². The molecule has 0 saturated heterocycles. The number of terminal acetylenes is 1. The largest absolute Gasteiger partial charge is 0.444 e. The molecule has 3 N–H and O–H groups in total. The van der Waals surface area contributed by atoms with Gasteiger partial charge in [0.25, 0.3) is 0 Å². The maximum Gasteiger partial charge on any atom is 0.204 e. The highest BCUT2D eigenvalue weighted by Gasteiger charge is 2.20. The molecule has 0 spiro atoms. The molecule has 1 aliphatic rings. The van der Waals surface area contributed by atoms with Crippen molar-refractivity contribution in [2.24, 2.45) is 11.7 Å². The lowest BCUT2D eigenvalue weighted by atomic mass is 9.87. The summed E-state index contributed by atoms with van der Waals surface area (Å²) in [6.45, 7) is 5.74. The second-order valence-electron chi connectivity index (χ2n) is 7.16. The Morgan fingerprint density at radius 3 is 2.71 bits per heavy atom. The third-order valence-corrected chi connectivity index (χ3v) is 5.60. The van der Waals surface area contributed by atoms with E-state index in [1.165, 1.54) is 25.7 Å². The Labute approximate surface area is 192 Å². The van der Waals surface area contributed by atoms with E-state index in [-0.39, 0.29) is 6.41 Å². The molecule has 1 saturated carbocycles. The van der Waals surface area contributed by atoms with Crippen LogP contribution in [0.4, 0.5) is 5.82 Å². The number of anilines is 1. The molecule has 7 heteroatoms. The predicted molar refractivity (Wildman–Crippen MR) is 128 cm³/mol. The number of primary amides is 1. The number of halogens is 1. The zero-order valence-electron chi connectivity index (χ0n) is 17.9. The number of rotatable bonds is 5. The Morgan fingerprint density at radius 1 is 1.45 bits per heavy atom. The topological polar surface area (TPSA) is 105 Å². The number of hydrogen-bond donors (Lipinski definition) is 2. The molecule has 1 aliphatic carbocycles. The van der Waals surface area contributed by atoms with Crippen molar-refractivity contribution in [2.75, 3.05) is 5.32 Å². The maximum atomic E-state index is 8.89. The van der Waals surface area contributed by atoms with Crippen LogP contribution >= 0.6 is 15.9 Å². The number of aromatic nitrogens is 1. The van der Waals surface area contributed by atoms with Gasteiger partial charge in [-0.1, -0.05) is 13.5 Å². The lowest BCUT2D eigenvalue weighted by molar-refractivity contribution is -0.106. The Kier molecular flexibility index (Phi) is 12.5. The molecule has 2 heterocycles. The molecule has 2 aromatic rings. The first-order valence-corrected chi connectivity index (χ1v) is 11.0. The average Bonchev–Trinajstić information content (AvgIpc) is 3.20. The van der Waals surface area contributed by atoms with Crippen molar-refractivity contribution in [1.82, 2.24) is 4.98 Å². The molecule has 31 heavy (non-hydrogen) atoms. The SMILES string of the molecule is C#CCCCC=C=C.CC1CCC(Nc2ncc3oc(C#N)cc3c2Br)CC1.NC=O. The summed E-state index contributed by atoms with van der Waals surface area (Å²) < 4.78 is 6.25. The molecular formula is C24H29BrN4O2. The first kappa shape index (κ1) is 26.0. The zero-order chi connectivity index (χ0) is 23.1. The van der Waals surface area contributed by atoms with E-state index in [9.17, 15) is 0 Å². The van der Waals surface area contributed by atoms with Crippen molar-refractivity contribution < 1.29 is 9.21 Å². The number of nitriles is 1. The molecule has 0 aromatic carbocycles. The summed E-state index contributed by atoms with van der Waals surface area (Å²) in [5, 5.41) is 13.3. The van der Waals surface area contributed by atoms with Gasteiger partial charge in [-0.2, -0.15) is 5.26 Å². The number of carbonyl (C=O) groups excluding carboxylic acids is 1. The van der Waals surface area contributed by atoms with Crippen LogP contribution in [0.2, 0.25) is 0 Å². The molecule has 2 aromatic heterocycles. The molecule has 0 aliphatic heterocycles. The minimum Gasteiger partial charge on any atom is -0.444 e. The molecule has 1 amide bonds. The van der Waals surface area contributed by atoms with Gasteiger partial charge in [0, 0.05) is 23.9 Å². The zero-order valence-corrected chi connectivity index (χ0v) is 19.5. The van der Waals surface area contributed by atoms with Crippen molar-refractivity contribution in [2.45, 2.75) is 57.9 Å². The number of pyridine rings is 1. The van der Waals surface area contributed by atoms with E-state index >= 15 is 0 Å². The summed E-state index contributed by atoms with van der Waals surface area (Å²) >= 11 is 3.57. The van der Waals surface area contributed by atoms with Gasteiger partial charge in [-0.15, -0.1) is 18.1 Å². The van der Waals surface area contributed by atoms with Crippen LogP contribution in [0.15, 0.2) is 39.5 Å². The first-order valence-electron chi connectivity index (χ1n) is 10.2. The number of nitrogens with one attached hydrogen (secondary N) is 1. The number of fused-ring (bicyclic) bond motifs is 1. The highest BCUT2D eigenvalue weighted by atomic mass is 79.9. The van der Waals surface area contributed by atoms with Gasteiger partial charge in [-0.3, -0.25) is 4.79 Å². The van der Waals surface area contributed by atoms with E-state index in [0.717, 1.165) is 40.9 Å². The summed E-state index contributed by atoms with van der Waals surface area (Å²) in [5.74, 6) is 4.54. The summed E-state index contributed by atoms with van der Waals surface area (Å²) in [4.78, 5) is 13.0. The number of furan rings is 1. The van der Waals surface area contributed by atoms with Crippen molar-refractivity contribution in [3.63, 3.8) is 0 Å². The Hall–Kier alpha value is -2.99. The highest BCUT2D eigenvalue weighted by Crippen LogP contribution is 2.33. The third-order valence-electron chi connectivity index (χ3n) is 4.80. The van der Waals surface area contributed by atoms with Gasteiger partial charge in [0.05, 0.1) is 10.7 Å². The van der Waals surface area contributed by atoms with Crippen LogP contribution in [-0.4, -0.2) is 17.4 Å². The Morgan fingerprint density at radius 2 is 2.13 bits per heavy atom. The van der Waals surface area contributed by atoms with E-state index in [0.29, 0.717) is 17.4 Å². The number of allylic oxidation sites excluding steroid dienone is 1. The number of amides is 1. The fourth-order valence-electron chi connectivity index (χ4n) is 3.14. The summed E-state index contributed by atoms with van der Waals surface area (Å²) in [5.41, 5.74) is 7.49. The van der Waals surface area contributed by atoms with Gasteiger partial charge < -0.3 is 15.5 Å². The smallest absolute Gasteiger partial charge is 0.204 e. The Balaban J connectivity index is 0.000000368. The fraction of sp³-hybridized carbons (Fsp3) is 0.417. The molecule has 0 atom stereocenters. The van der Waals surface area contributed by atoms with Gasteiger partial charge in [0.15, 0.2) is 5.58 Å². The molecular weight excluding hydrogens is 456 g/mol. The van der Waals surface area contributed by atoms with Crippen LogP contribution in [0.3, 0.4) is 0 Å². The third kappa shape index (κ3) is 9.13. The molecule has 0 radical (unpaired) electrons. The van der Waals surface area contributed by atoms with Crippen molar-refractivity contribution >= 4 is 39.1 Å². The average molecular weight is 485 g/mol. The lowest BCUT2D eigenvalue weighted by Crippen LogP contribution is -2.25. The monoisotopic (exact) mass is 484 g/mol. The molecule has 0 bridgehead atoms. The van der Waals surface area contributed by atoms with Crippen LogP contribution in [-0.2, 0) is 4.79 Å². The van der Waals surface area contributed by atoms with Crippen LogP contribution in [0, 0.1) is 29.6 Å². The number of carbonyl (C=O) groups is 1. The van der Waals surface area contributed by atoms with Crippen LogP contribution in [0.1, 0.15) is 57.6 Å². The van der Waals surface area contributed by atoms with Crippen LogP contribution in [0.25, 0.3) is 11.0 Å². The summed E-state index contributed by atoms with van der Waals surface area (Å²) in [7, 11) is 0. The lowest BCUT2D eigenvalue weighted by Gasteiger charge is -2.27. The second-order valence-corrected chi connectivity index (χ2v) is 7.96. The highest BCUT2D eigenvalue weighted by molar-refractivity contribution is 9.10. The van der Waals surface area contributed by atoms with Crippen LogP contribution < -0.4 is 11.1 Å². The summed E-state index contributed by atoms with van der Waals surface area (Å²) in [6, 6.07) is 4.24. The molecule has 164 valence electrons. The number of hydrogen-bond acceptors (Lipinski definition) is 5. The van der Waals surface area contributed by atoms with Gasteiger partial charge in [-0.05, 0) is 66.4 Å². The second kappa shape index (κ2) is 14.9. The normalized spacial score (nSPS) is 16.8. The van der Waals surface area contributed by atoms with Crippen molar-refractivity contribution in [1.29, 1.82) is 5.26 Å². The van der Waals surface area contributed by atoms with Crippen molar-refractivity contribution in [3.8, 4) is 18.4 Å². The van der Waals surface area contributed by atoms with Crippen molar-refractivity contribution in [3.05, 3.63) is 40.9 Å².